The fraction of sp³-hybridized carbons (Fsp3) is 0.0625. The Labute approximate surface area is 117 Å². The molecule has 3 nitrogen and oxygen atoms in total. The van der Waals surface area contributed by atoms with Crippen molar-refractivity contribution >= 4 is 20.7 Å². The molecule has 3 aromatic rings. The zero-order valence-electron chi connectivity index (χ0n) is 10.9. The van der Waals surface area contributed by atoms with Crippen LogP contribution in [0.25, 0.3) is 10.9 Å². The lowest BCUT2D eigenvalue weighted by atomic mass is 10.2. The first kappa shape index (κ1) is 12.8. The molecule has 0 saturated carbocycles. The number of hydrogen-bond donors (Lipinski definition) is 0. The summed E-state index contributed by atoms with van der Waals surface area (Å²) in [5.74, 6) is 0. The van der Waals surface area contributed by atoms with E-state index in [-0.39, 0.29) is 0 Å². The Morgan fingerprint density at radius 2 is 1.60 bits per heavy atom. The van der Waals surface area contributed by atoms with Gasteiger partial charge in [0.2, 0.25) is 9.84 Å². The second-order valence-corrected chi connectivity index (χ2v) is 6.56. The molecule has 0 aliphatic carbocycles. The SMILES string of the molecule is Cc1ccc(S(=O)(=O)c2ccnc3ccccc23)cc1. The van der Waals surface area contributed by atoms with Crippen molar-refractivity contribution in [2.75, 3.05) is 0 Å². The molecule has 100 valence electrons. The van der Waals surface area contributed by atoms with Crippen LogP contribution in [-0.2, 0) is 9.84 Å². The number of nitrogens with zero attached hydrogens (tertiary/aromatic N) is 1. The Kier molecular flexibility index (Phi) is 3.03. The Morgan fingerprint density at radius 1 is 0.900 bits per heavy atom. The van der Waals surface area contributed by atoms with E-state index in [4.69, 9.17) is 0 Å². The number of fused-ring (bicyclic) bond motifs is 1. The standard InChI is InChI=1S/C16H13NO2S/c1-12-6-8-13(9-7-12)20(18,19)16-10-11-17-15-5-3-2-4-14(15)16/h2-11H,1H3. The number of para-hydroxylation sites is 1. The van der Waals surface area contributed by atoms with Crippen molar-refractivity contribution in [1.82, 2.24) is 4.98 Å². The normalized spacial score (nSPS) is 11.7. The van der Waals surface area contributed by atoms with Crippen LogP contribution in [0.3, 0.4) is 0 Å². The van der Waals surface area contributed by atoms with E-state index in [9.17, 15) is 8.42 Å². The predicted octanol–water partition coefficient (Wildman–Crippen LogP) is 3.38. The third-order valence-corrected chi connectivity index (χ3v) is 5.06. The summed E-state index contributed by atoms with van der Waals surface area (Å²) in [6.07, 6.45) is 1.53. The fourth-order valence-electron chi connectivity index (χ4n) is 2.15. The first-order valence-corrected chi connectivity index (χ1v) is 7.73. The van der Waals surface area contributed by atoms with Crippen molar-refractivity contribution in [3.05, 3.63) is 66.4 Å². The maximum Gasteiger partial charge on any atom is 0.207 e. The minimum Gasteiger partial charge on any atom is -0.256 e. The number of benzene rings is 2. The summed E-state index contributed by atoms with van der Waals surface area (Å²) >= 11 is 0. The zero-order valence-corrected chi connectivity index (χ0v) is 11.8. The molecule has 2 aromatic carbocycles. The summed E-state index contributed by atoms with van der Waals surface area (Å²) in [5.41, 5.74) is 1.71. The molecule has 0 radical (unpaired) electrons. The second-order valence-electron chi connectivity index (χ2n) is 4.64. The highest BCUT2D eigenvalue weighted by atomic mass is 32.2. The van der Waals surface area contributed by atoms with Crippen LogP contribution >= 0.6 is 0 Å². The third kappa shape index (κ3) is 2.08. The predicted molar refractivity (Wildman–Crippen MR) is 78.4 cm³/mol. The van der Waals surface area contributed by atoms with Crippen LogP contribution in [-0.4, -0.2) is 13.4 Å². The van der Waals surface area contributed by atoms with E-state index in [0.29, 0.717) is 20.7 Å². The van der Waals surface area contributed by atoms with Gasteiger partial charge in [0.1, 0.15) is 0 Å². The lowest BCUT2D eigenvalue weighted by Crippen LogP contribution is -2.03. The van der Waals surface area contributed by atoms with Gasteiger partial charge in [0.05, 0.1) is 15.3 Å². The van der Waals surface area contributed by atoms with E-state index in [0.717, 1.165) is 5.56 Å². The van der Waals surface area contributed by atoms with Crippen LogP contribution < -0.4 is 0 Å². The maximum atomic E-state index is 12.7. The first-order chi connectivity index (χ1) is 9.59. The van der Waals surface area contributed by atoms with Gasteiger partial charge < -0.3 is 0 Å². The van der Waals surface area contributed by atoms with E-state index in [1.165, 1.54) is 6.20 Å². The third-order valence-electron chi connectivity index (χ3n) is 3.23. The molecule has 0 atom stereocenters. The first-order valence-electron chi connectivity index (χ1n) is 6.24. The quantitative estimate of drug-likeness (QED) is 0.724. The highest BCUT2D eigenvalue weighted by molar-refractivity contribution is 7.91. The van der Waals surface area contributed by atoms with Gasteiger partial charge in [-0.05, 0) is 31.2 Å². The van der Waals surface area contributed by atoms with Crippen molar-refractivity contribution < 1.29 is 8.42 Å². The summed E-state index contributed by atoms with van der Waals surface area (Å²) < 4.78 is 25.5. The van der Waals surface area contributed by atoms with Gasteiger partial charge in [0.25, 0.3) is 0 Å². The summed E-state index contributed by atoms with van der Waals surface area (Å²) in [6, 6.07) is 15.7. The van der Waals surface area contributed by atoms with Gasteiger partial charge >= 0.3 is 0 Å². The number of aryl methyl sites for hydroxylation is 1. The van der Waals surface area contributed by atoms with Gasteiger partial charge in [-0.2, -0.15) is 0 Å². The number of hydrogen-bond acceptors (Lipinski definition) is 3. The summed E-state index contributed by atoms with van der Waals surface area (Å²) in [7, 11) is -3.52. The van der Waals surface area contributed by atoms with E-state index in [1.54, 1.807) is 36.4 Å². The van der Waals surface area contributed by atoms with Gasteiger partial charge in [0.15, 0.2) is 0 Å². The van der Waals surface area contributed by atoms with Gasteiger partial charge in [-0.3, -0.25) is 4.98 Å². The minimum atomic E-state index is -3.52. The molecule has 4 heteroatoms. The van der Waals surface area contributed by atoms with Crippen LogP contribution in [0, 0.1) is 6.92 Å². The molecule has 20 heavy (non-hydrogen) atoms. The van der Waals surface area contributed by atoms with E-state index in [1.807, 2.05) is 25.1 Å². The number of sulfone groups is 1. The molecule has 0 amide bonds. The summed E-state index contributed by atoms with van der Waals surface area (Å²) in [6.45, 7) is 1.93. The molecule has 0 aliphatic heterocycles. The monoisotopic (exact) mass is 283 g/mol. The average molecular weight is 283 g/mol. The molecular formula is C16H13NO2S. The molecule has 0 saturated heterocycles. The minimum absolute atomic E-state index is 0.298. The van der Waals surface area contributed by atoms with Crippen molar-refractivity contribution in [3.8, 4) is 0 Å². The van der Waals surface area contributed by atoms with Crippen molar-refractivity contribution in [2.45, 2.75) is 16.7 Å². The Morgan fingerprint density at radius 3 is 2.35 bits per heavy atom. The highest BCUT2D eigenvalue weighted by Gasteiger charge is 2.20. The van der Waals surface area contributed by atoms with Crippen molar-refractivity contribution in [3.63, 3.8) is 0 Å². The second kappa shape index (κ2) is 4.72. The summed E-state index contributed by atoms with van der Waals surface area (Å²) in [4.78, 5) is 4.80. The molecular weight excluding hydrogens is 270 g/mol. The van der Waals surface area contributed by atoms with E-state index < -0.39 is 9.84 Å². The average Bonchev–Trinajstić information content (AvgIpc) is 2.47. The smallest absolute Gasteiger partial charge is 0.207 e. The largest absolute Gasteiger partial charge is 0.256 e. The van der Waals surface area contributed by atoms with Crippen LogP contribution in [0.1, 0.15) is 5.56 Å². The lowest BCUT2D eigenvalue weighted by molar-refractivity contribution is 0.597. The molecule has 0 N–H and O–H groups in total. The molecule has 1 aromatic heterocycles. The number of rotatable bonds is 2. The summed E-state index contributed by atoms with van der Waals surface area (Å²) in [5, 5.41) is 0.649. The van der Waals surface area contributed by atoms with Gasteiger partial charge in [-0.25, -0.2) is 8.42 Å². The van der Waals surface area contributed by atoms with Gasteiger partial charge in [-0.15, -0.1) is 0 Å². The van der Waals surface area contributed by atoms with Crippen LogP contribution in [0.4, 0.5) is 0 Å². The fourth-order valence-corrected chi connectivity index (χ4v) is 3.60. The lowest BCUT2D eigenvalue weighted by Gasteiger charge is -2.08. The molecule has 0 bridgehead atoms. The highest BCUT2D eigenvalue weighted by Crippen LogP contribution is 2.27. The molecule has 0 spiro atoms. The van der Waals surface area contributed by atoms with Crippen molar-refractivity contribution in [1.29, 1.82) is 0 Å². The molecule has 0 aliphatic rings. The van der Waals surface area contributed by atoms with Crippen LogP contribution in [0.5, 0.6) is 0 Å². The van der Waals surface area contributed by atoms with Gasteiger partial charge in [0, 0.05) is 11.6 Å². The molecule has 0 unspecified atom stereocenters. The Balaban J connectivity index is 2.27. The van der Waals surface area contributed by atoms with Crippen LogP contribution in [0.2, 0.25) is 0 Å². The molecule has 1 heterocycles. The van der Waals surface area contributed by atoms with Crippen LogP contribution in [0.15, 0.2) is 70.6 Å². The topological polar surface area (TPSA) is 47.0 Å². The van der Waals surface area contributed by atoms with E-state index in [2.05, 4.69) is 4.98 Å². The number of pyridine rings is 1. The molecule has 3 rings (SSSR count). The maximum absolute atomic E-state index is 12.7. The Hall–Kier alpha value is -2.20. The molecule has 0 fully saturated rings. The Bertz CT molecular complexity index is 863. The van der Waals surface area contributed by atoms with E-state index >= 15 is 0 Å². The van der Waals surface area contributed by atoms with Crippen molar-refractivity contribution in [2.24, 2.45) is 0 Å². The van der Waals surface area contributed by atoms with Gasteiger partial charge in [-0.1, -0.05) is 35.9 Å². The number of aromatic nitrogens is 1. The zero-order chi connectivity index (χ0) is 14.2.